The molecular weight excluding hydrogens is 280 g/mol. The molecule has 0 aliphatic carbocycles. The first-order chi connectivity index (χ1) is 10.1. The normalized spacial score (nSPS) is 11.0. The Hall–Kier alpha value is -2.04. The summed E-state index contributed by atoms with van der Waals surface area (Å²) in [6.45, 7) is 11.7. The van der Waals surface area contributed by atoms with Gasteiger partial charge in [-0.05, 0) is 57.9 Å². The molecule has 0 atom stereocenters. The molecule has 5 nitrogen and oxygen atoms in total. The number of aryl methyl sites for hydroxylation is 2. The zero-order valence-corrected chi connectivity index (χ0v) is 14.3. The summed E-state index contributed by atoms with van der Waals surface area (Å²) in [6.07, 6.45) is -0.476. The number of benzene rings is 1. The molecule has 2 amide bonds. The summed E-state index contributed by atoms with van der Waals surface area (Å²) in [5.74, 6) is -0.0609. The maximum Gasteiger partial charge on any atom is 0.407 e. The van der Waals surface area contributed by atoms with Gasteiger partial charge >= 0.3 is 6.09 Å². The number of anilines is 1. The maximum atomic E-state index is 11.8. The van der Waals surface area contributed by atoms with Crippen LogP contribution < -0.4 is 10.2 Å². The standard InChI is InChI=1S/C17H26N2O3/c1-12-7-8-15(11-13(12)2)19(14(3)20)10-9-18-16(21)22-17(4,5)6/h7-8,11H,9-10H2,1-6H3,(H,18,21). The monoisotopic (exact) mass is 306 g/mol. The molecule has 0 aromatic heterocycles. The topological polar surface area (TPSA) is 58.6 Å². The molecule has 1 aromatic rings. The highest BCUT2D eigenvalue weighted by atomic mass is 16.6. The number of ether oxygens (including phenoxy) is 1. The molecule has 0 saturated carbocycles. The van der Waals surface area contributed by atoms with Crippen LogP contribution in [0.1, 0.15) is 38.8 Å². The summed E-state index contributed by atoms with van der Waals surface area (Å²) in [4.78, 5) is 25.1. The molecule has 1 rings (SSSR count). The number of carbonyl (C=O) groups is 2. The highest BCUT2D eigenvalue weighted by Crippen LogP contribution is 2.18. The van der Waals surface area contributed by atoms with E-state index in [1.54, 1.807) is 4.90 Å². The van der Waals surface area contributed by atoms with Crippen LogP contribution in [0.25, 0.3) is 0 Å². The third-order valence-electron chi connectivity index (χ3n) is 3.19. The van der Waals surface area contributed by atoms with Gasteiger partial charge in [-0.25, -0.2) is 4.79 Å². The van der Waals surface area contributed by atoms with Crippen molar-refractivity contribution in [3.8, 4) is 0 Å². The lowest BCUT2D eigenvalue weighted by atomic mass is 10.1. The van der Waals surface area contributed by atoms with E-state index in [4.69, 9.17) is 4.74 Å². The fourth-order valence-electron chi connectivity index (χ4n) is 1.95. The number of hydrogen-bond donors (Lipinski definition) is 1. The highest BCUT2D eigenvalue weighted by molar-refractivity contribution is 5.91. The lowest BCUT2D eigenvalue weighted by Gasteiger charge is -2.23. The summed E-state index contributed by atoms with van der Waals surface area (Å²) in [5, 5.41) is 2.67. The minimum atomic E-state index is -0.529. The van der Waals surface area contributed by atoms with Crippen molar-refractivity contribution in [3.05, 3.63) is 29.3 Å². The van der Waals surface area contributed by atoms with Gasteiger partial charge in [0.05, 0.1) is 0 Å². The van der Waals surface area contributed by atoms with Crippen LogP contribution in [0.15, 0.2) is 18.2 Å². The quantitative estimate of drug-likeness (QED) is 0.929. The summed E-state index contributed by atoms with van der Waals surface area (Å²) in [5.41, 5.74) is 2.61. The van der Waals surface area contributed by atoms with Crippen molar-refractivity contribution in [2.75, 3.05) is 18.0 Å². The molecule has 22 heavy (non-hydrogen) atoms. The van der Waals surface area contributed by atoms with Crippen molar-refractivity contribution in [2.24, 2.45) is 0 Å². The van der Waals surface area contributed by atoms with Crippen molar-refractivity contribution in [1.29, 1.82) is 0 Å². The van der Waals surface area contributed by atoms with Crippen molar-refractivity contribution in [1.82, 2.24) is 5.32 Å². The largest absolute Gasteiger partial charge is 0.444 e. The second-order valence-electron chi connectivity index (χ2n) is 6.37. The Labute approximate surface area is 132 Å². The van der Waals surface area contributed by atoms with E-state index in [2.05, 4.69) is 5.32 Å². The first-order valence-corrected chi connectivity index (χ1v) is 7.42. The van der Waals surface area contributed by atoms with Gasteiger partial charge in [0.25, 0.3) is 0 Å². The van der Waals surface area contributed by atoms with E-state index >= 15 is 0 Å². The summed E-state index contributed by atoms with van der Waals surface area (Å²) >= 11 is 0. The zero-order valence-electron chi connectivity index (χ0n) is 14.3. The van der Waals surface area contributed by atoms with E-state index in [1.165, 1.54) is 12.5 Å². The molecule has 1 aromatic carbocycles. The van der Waals surface area contributed by atoms with Crippen molar-refractivity contribution >= 4 is 17.7 Å². The molecule has 0 aliphatic heterocycles. The molecule has 1 N–H and O–H groups in total. The van der Waals surface area contributed by atoms with Gasteiger partial charge in [0, 0.05) is 25.7 Å². The fraction of sp³-hybridized carbons (Fsp3) is 0.529. The van der Waals surface area contributed by atoms with E-state index in [0.717, 1.165) is 11.3 Å². The van der Waals surface area contributed by atoms with Crippen LogP contribution in [-0.2, 0) is 9.53 Å². The Balaban J connectivity index is 2.64. The highest BCUT2D eigenvalue weighted by Gasteiger charge is 2.17. The van der Waals surface area contributed by atoms with Crippen LogP contribution >= 0.6 is 0 Å². The SMILES string of the molecule is CC(=O)N(CCNC(=O)OC(C)(C)C)c1ccc(C)c(C)c1. The molecule has 0 unspecified atom stereocenters. The molecule has 0 bridgehead atoms. The van der Waals surface area contributed by atoms with Crippen LogP contribution in [0, 0.1) is 13.8 Å². The fourth-order valence-corrected chi connectivity index (χ4v) is 1.95. The van der Waals surface area contributed by atoms with Crippen molar-refractivity contribution in [3.63, 3.8) is 0 Å². The van der Waals surface area contributed by atoms with Crippen molar-refractivity contribution in [2.45, 2.75) is 47.1 Å². The predicted octanol–water partition coefficient (Wildman–Crippen LogP) is 3.18. The lowest BCUT2D eigenvalue weighted by molar-refractivity contribution is -0.116. The first kappa shape index (κ1) is 18.0. The van der Waals surface area contributed by atoms with Gasteiger partial charge in [0.2, 0.25) is 5.91 Å². The zero-order chi connectivity index (χ0) is 16.9. The second kappa shape index (κ2) is 7.29. The van der Waals surface area contributed by atoms with Gasteiger partial charge in [0.1, 0.15) is 5.60 Å². The molecule has 122 valence electrons. The van der Waals surface area contributed by atoms with Crippen LogP contribution in [0.3, 0.4) is 0 Å². The number of nitrogens with zero attached hydrogens (tertiary/aromatic N) is 1. The maximum absolute atomic E-state index is 11.8. The van der Waals surface area contributed by atoms with Crippen molar-refractivity contribution < 1.29 is 14.3 Å². The number of rotatable bonds is 4. The van der Waals surface area contributed by atoms with Gasteiger partial charge in [0.15, 0.2) is 0 Å². The van der Waals surface area contributed by atoms with Gasteiger partial charge in [-0.1, -0.05) is 6.07 Å². The first-order valence-electron chi connectivity index (χ1n) is 7.42. The Morgan fingerprint density at radius 1 is 1.18 bits per heavy atom. The van der Waals surface area contributed by atoms with E-state index in [9.17, 15) is 9.59 Å². The van der Waals surface area contributed by atoms with E-state index < -0.39 is 11.7 Å². The van der Waals surface area contributed by atoms with Crippen LogP contribution in [0.2, 0.25) is 0 Å². The minimum absolute atomic E-state index is 0.0609. The van der Waals surface area contributed by atoms with Gasteiger partial charge in [-0.2, -0.15) is 0 Å². The van der Waals surface area contributed by atoms with Gasteiger partial charge < -0.3 is 15.0 Å². The summed E-state index contributed by atoms with van der Waals surface area (Å²) < 4.78 is 5.17. The molecule has 0 radical (unpaired) electrons. The Bertz CT molecular complexity index is 547. The number of amides is 2. The van der Waals surface area contributed by atoms with E-state index in [1.807, 2.05) is 52.8 Å². The average Bonchev–Trinajstić information content (AvgIpc) is 2.35. The molecule has 0 spiro atoms. The number of hydrogen-bond acceptors (Lipinski definition) is 3. The third kappa shape index (κ3) is 5.76. The van der Waals surface area contributed by atoms with Gasteiger partial charge in [-0.15, -0.1) is 0 Å². The lowest BCUT2D eigenvalue weighted by Crippen LogP contribution is -2.39. The Morgan fingerprint density at radius 2 is 1.82 bits per heavy atom. The Morgan fingerprint density at radius 3 is 2.32 bits per heavy atom. The predicted molar refractivity (Wildman–Crippen MR) is 88.2 cm³/mol. The van der Waals surface area contributed by atoms with E-state index in [-0.39, 0.29) is 5.91 Å². The molecule has 0 aliphatic rings. The molecule has 0 heterocycles. The Kier molecular flexibility index (Phi) is 5.97. The number of alkyl carbamates (subject to hydrolysis) is 1. The summed E-state index contributed by atoms with van der Waals surface area (Å²) in [6, 6.07) is 5.88. The number of nitrogens with one attached hydrogen (secondary N) is 1. The van der Waals surface area contributed by atoms with Crippen LogP contribution in [-0.4, -0.2) is 30.7 Å². The average molecular weight is 306 g/mol. The smallest absolute Gasteiger partial charge is 0.407 e. The number of carbonyl (C=O) groups excluding carboxylic acids is 2. The van der Waals surface area contributed by atoms with Crippen LogP contribution in [0.5, 0.6) is 0 Å². The molecular formula is C17H26N2O3. The van der Waals surface area contributed by atoms with E-state index in [0.29, 0.717) is 13.1 Å². The molecule has 5 heteroatoms. The second-order valence-corrected chi connectivity index (χ2v) is 6.37. The van der Waals surface area contributed by atoms with Crippen LogP contribution in [0.4, 0.5) is 10.5 Å². The minimum Gasteiger partial charge on any atom is -0.444 e. The molecule has 0 fully saturated rings. The molecule has 0 saturated heterocycles. The van der Waals surface area contributed by atoms with Gasteiger partial charge in [-0.3, -0.25) is 4.79 Å². The summed E-state index contributed by atoms with van der Waals surface area (Å²) in [7, 11) is 0. The third-order valence-corrected chi connectivity index (χ3v) is 3.19.